The van der Waals surface area contributed by atoms with Gasteiger partial charge in [0.15, 0.2) is 17.5 Å². The highest BCUT2D eigenvalue weighted by atomic mass is 127. The molecule has 0 radical (unpaired) electrons. The molecule has 0 bridgehead atoms. The number of thiazole rings is 1. The van der Waals surface area contributed by atoms with Crippen molar-refractivity contribution in [2.45, 2.75) is 33.4 Å². The first-order valence-electron chi connectivity index (χ1n) is 8.67. The van der Waals surface area contributed by atoms with Crippen LogP contribution in [-0.4, -0.2) is 30.7 Å². The molecule has 0 atom stereocenters. The third-order valence-corrected chi connectivity index (χ3v) is 4.90. The van der Waals surface area contributed by atoms with Crippen LogP contribution in [0.15, 0.2) is 23.3 Å². The molecule has 0 spiro atoms. The van der Waals surface area contributed by atoms with E-state index in [9.17, 15) is 0 Å². The third kappa shape index (κ3) is 6.39. The molecule has 0 amide bonds. The number of aromatic nitrogens is 1. The number of guanidine groups is 1. The number of ether oxygens (including phenoxy) is 2. The van der Waals surface area contributed by atoms with Gasteiger partial charge < -0.3 is 20.1 Å². The Kier molecular flexibility index (Phi) is 8.91. The van der Waals surface area contributed by atoms with Crippen molar-refractivity contribution >= 4 is 52.9 Å². The maximum Gasteiger partial charge on any atom is 0.191 e. The SMILES string of the molecule is CCNC(=NCc1cc(Cl)c2c(c1)OCCCO2)NCc1ncc(C)s1.I. The highest BCUT2D eigenvalue weighted by molar-refractivity contribution is 14.0. The van der Waals surface area contributed by atoms with E-state index in [1.54, 1.807) is 11.3 Å². The minimum Gasteiger partial charge on any atom is -0.489 e. The second kappa shape index (κ2) is 10.9. The summed E-state index contributed by atoms with van der Waals surface area (Å²) >= 11 is 8.03. The van der Waals surface area contributed by atoms with Gasteiger partial charge in [-0.15, -0.1) is 35.3 Å². The molecule has 2 aromatic rings. The van der Waals surface area contributed by atoms with Crippen molar-refractivity contribution in [3.63, 3.8) is 0 Å². The largest absolute Gasteiger partial charge is 0.489 e. The van der Waals surface area contributed by atoms with Crippen molar-refractivity contribution in [1.29, 1.82) is 0 Å². The number of nitrogens with one attached hydrogen (secondary N) is 2. The van der Waals surface area contributed by atoms with Crippen LogP contribution in [0.4, 0.5) is 0 Å². The standard InChI is InChI=1S/C18H23ClN4O2S.HI/c1-3-20-18(23-11-16-21-9-12(2)26-16)22-10-13-7-14(19)17-15(8-13)24-5-4-6-25-17;/h7-9H,3-6,10-11H2,1-2H3,(H2,20,22,23);1H. The summed E-state index contributed by atoms with van der Waals surface area (Å²) in [5.41, 5.74) is 0.974. The molecule has 3 rings (SSSR count). The number of hydrogen-bond donors (Lipinski definition) is 2. The zero-order valence-electron chi connectivity index (χ0n) is 15.4. The van der Waals surface area contributed by atoms with Crippen LogP contribution in [0.2, 0.25) is 5.02 Å². The van der Waals surface area contributed by atoms with Gasteiger partial charge in [0.05, 0.1) is 31.3 Å². The van der Waals surface area contributed by atoms with Crippen molar-refractivity contribution in [3.8, 4) is 11.5 Å². The third-order valence-electron chi connectivity index (χ3n) is 3.70. The maximum atomic E-state index is 6.35. The normalized spacial score (nSPS) is 13.5. The fourth-order valence-corrected chi connectivity index (χ4v) is 3.54. The Balaban J connectivity index is 0.00000261. The van der Waals surface area contributed by atoms with Crippen molar-refractivity contribution in [1.82, 2.24) is 15.6 Å². The smallest absolute Gasteiger partial charge is 0.191 e. The van der Waals surface area contributed by atoms with E-state index in [2.05, 4.69) is 20.6 Å². The second-order valence-corrected chi connectivity index (χ2v) is 7.60. The first-order chi connectivity index (χ1) is 12.7. The topological polar surface area (TPSA) is 67.8 Å². The van der Waals surface area contributed by atoms with Gasteiger partial charge in [-0.1, -0.05) is 11.6 Å². The summed E-state index contributed by atoms with van der Waals surface area (Å²) in [4.78, 5) is 10.2. The van der Waals surface area contributed by atoms with Crippen LogP contribution in [0, 0.1) is 6.92 Å². The van der Waals surface area contributed by atoms with Gasteiger partial charge in [0.1, 0.15) is 5.01 Å². The molecule has 2 heterocycles. The number of halogens is 2. The van der Waals surface area contributed by atoms with E-state index in [0.29, 0.717) is 42.8 Å². The monoisotopic (exact) mass is 522 g/mol. The van der Waals surface area contributed by atoms with Crippen LogP contribution < -0.4 is 20.1 Å². The highest BCUT2D eigenvalue weighted by Gasteiger charge is 2.15. The molecule has 0 aliphatic carbocycles. The molecular weight excluding hydrogens is 499 g/mol. The number of aryl methyl sites for hydroxylation is 1. The lowest BCUT2D eigenvalue weighted by Crippen LogP contribution is -2.36. The Hall–Kier alpha value is -1.26. The van der Waals surface area contributed by atoms with E-state index < -0.39 is 0 Å². The molecule has 0 unspecified atom stereocenters. The molecule has 2 N–H and O–H groups in total. The number of benzene rings is 1. The van der Waals surface area contributed by atoms with Gasteiger partial charge in [-0.3, -0.25) is 0 Å². The number of rotatable bonds is 5. The number of fused-ring (bicyclic) bond motifs is 1. The van der Waals surface area contributed by atoms with Crippen LogP contribution in [0.1, 0.15) is 28.8 Å². The Morgan fingerprint density at radius 3 is 2.85 bits per heavy atom. The van der Waals surface area contributed by atoms with E-state index in [1.807, 2.05) is 32.2 Å². The van der Waals surface area contributed by atoms with Gasteiger partial charge >= 0.3 is 0 Å². The second-order valence-electron chi connectivity index (χ2n) is 5.87. The van der Waals surface area contributed by atoms with Crippen LogP contribution >= 0.6 is 46.9 Å². The summed E-state index contributed by atoms with van der Waals surface area (Å²) in [5.74, 6) is 2.06. The van der Waals surface area contributed by atoms with Gasteiger partial charge in [-0.25, -0.2) is 9.98 Å². The zero-order chi connectivity index (χ0) is 18.4. The van der Waals surface area contributed by atoms with Crippen LogP contribution in [0.5, 0.6) is 11.5 Å². The lowest BCUT2D eigenvalue weighted by Gasteiger charge is -2.12. The van der Waals surface area contributed by atoms with E-state index in [1.165, 1.54) is 4.88 Å². The van der Waals surface area contributed by atoms with Crippen molar-refractivity contribution in [2.75, 3.05) is 19.8 Å². The molecule has 1 aliphatic rings. The fraction of sp³-hybridized carbons (Fsp3) is 0.444. The number of nitrogens with zero attached hydrogens (tertiary/aromatic N) is 2. The highest BCUT2D eigenvalue weighted by Crippen LogP contribution is 2.38. The molecule has 1 aliphatic heterocycles. The van der Waals surface area contributed by atoms with Gasteiger partial charge in [0.25, 0.3) is 0 Å². The molecule has 148 valence electrons. The maximum absolute atomic E-state index is 6.35. The lowest BCUT2D eigenvalue weighted by molar-refractivity contribution is 0.297. The predicted octanol–water partition coefficient (Wildman–Crippen LogP) is 4.14. The first-order valence-corrected chi connectivity index (χ1v) is 9.86. The molecular formula is C18H24ClIN4O2S. The molecule has 6 nitrogen and oxygen atoms in total. The summed E-state index contributed by atoms with van der Waals surface area (Å²) < 4.78 is 11.4. The van der Waals surface area contributed by atoms with Crippen molar-refractivity contribution in [2.24, 2.45) is 4.99 Å². The Morgan fingerprint density at radius 2 is 2.11 bits per heavy atom. The molecule has 9 heteroatoms. The summed E-state index contributed by atoms with van der Waals surface area (Å²) in [6.45, 7) is 7.26. The van der Waals surface area contributed by atoms with Crippen molar-refractivity contribution in [3.05, 3.63) is 38.8 Å². The zero-order valence-corrected chi connectivity index (χ0v) is 19.3. The summed E-state index contributed by atoms with van der Waals surface area (Å²) in [6.07, 6.45) is 2.73. The Labute approximate surface area is 185 Å². The summed E-state index contributed by atoms with van der Waals surface area (Å²) in [7, 11) is 0. The summed E-state index contributed by atoms with van der Waals surface area (Å²) in [5, 5.41) is 8.14. The number of aliphatic imine (C=N–C) groups is 1. The Bertz CT molecular complexity index is 785. The lowest BCUT2D eigenvalue weighted by atomic mass is 10.2. The van der Waals surface area contributed by atoms with Gasteiger partial charge in [0, 0.05) is 24.0 Å². The molecule has 0 fully saturated rings. The van der Waals surface area contributed by atoms with Crippen LogP contribution in [0.25, 0.3) is 0 Å². The summed E-state index contributed by atoms with van der Waals surface area (Å²) in [6, 6.07) is 3.83. The van der Waals surface area contributed by atoms with Crippen LogP contribution in [0.3, 0.4) is 0 Å². The molecule has 1 aromatic carbocycles. The van der Waals surface area contributed by atoms with Gasteiger partial charge in [0.2, 0.25) is 0 Å². The molecule has 27 heavy (non-hydrogen) atoms. The van der Waals surface area contributed by atoms with Crippen molar-refractivity contribution < 1.29 is 9.47 Å². The molecule has 0 saturated carbocycles. The van der Waals surface area contributed by atoms with Gasteiger partial charge in [-0.05, 0) is 31.5 Å². The van der Waals surface area contributed by atoms with E-state index >= 15 is 0 Å². The van der Waals surface area contributed by atoms with E-state index in [0.717, 1.165) is 29.5 Å². The van der Waals surface area contributed by atoms with Gasteiger partial charge in [-0.2, -0.15) is 0 Å². The predicted molar refractivity (Wildman–Crippen MR) is 121 cm³/mol. The van der Waals surface area contributed by atoms with Crippen LogP contribution in [-0.2, 0) is 13.1 Å². The molecule has 1 aromatic heterocycles. The average molecular weight is 523 g/mol. The quantitative estimate of drug-likeness (QED) is 0.351. The number of hydrogen-bond acceptors (Lipinski definition) is 5. The fourth-order valence-electron chi connectivity index (χ4n) is 2.53. The van der Waals surface area contributed by atoms with E-state index in [4.69, 9.17) is 21.1 Å². The average Bonchev–Trinajstić information content (AvgIpc) is 2.89. The van der Waals surface area contributed by atoms with E-state index in [-0.39, 0.29) is 24.0 Å². The first kappa shape index (κ1) is 22.0. The Morgan fingerprint density at radius 1 is 1.30 bits per heavy atom. The minimum absolute atomic E-state index is 0. The molecule has 0 saturated heterocycles. The minimum atomic E-state index is 0.